The minimum absolute atomic E-state index is 0.112. The SMILES string of the molecule is Cc1coc(C=O)c(C)c1=O. The van der Waals surface area contributed by atoms with Gasteiger partial charge in [-0.25, -0.2) is 0 Å². The quantitative estimate of drug-likeness (QED) is 0.565. The van der Waals surface area contributed by atoms with Crippen molar-refractivity contribution in [2.45, 2.75) is 13.8 Å². The van der Waals surface area contributed by atoms with Crippen LogP contribution in [0.2, 0.25) is 0 Å². The Balaban J connectivity index is 3.49. The molecule has 1 rings (SSSR count). The van der Waals surface area contributed by atoms with E-state index in [0.717, 1.165) is 0 Å². The zero-order chi connectivity index (χ0) is 8.43. The summed E-state index contributed by atoms with van der Waals surface area (Å²) in [5.74, 6) is 0.112. The van der Waals surface area contributed by atoms with Gasteiger partial charge in [-0.2, -0.15) is 0 Å². The van der Waals surface area contributed by atoms with Gasteiger partial charge in [-0.05, 0) is 13.8 Å². The van der Waals surface area contributed by atoms with Crippen LogP contribution in [0.15, 0.2) is 15.5 Å². The van der Waals surface area contributed by atoms with Crippen molar-refractivity contribution in [3.63, 3.8) is 0 Å². The fourth-order valence-electron chi connectivity index (χ4n) is 0.818. The molecule has 0 aliphatic rings. The van der Waals surface area contributed by atoms with Crippen LogP contribution in [-0.4, -0.2) is 6.29 Å². The average Bonchev–Trinajstić information content (AvgIpc) is 2.01. The summed E-state index contributed by atoms with van der Waals surface area (Å²) in [5.41, 5.74) is 0.770. The molecule has 1 aromatic heterocycles. The van der Waals surface area contributed by atoms with E-state index in [1.807, 2.05) is 0 Å². The molecule has 11 heavy (non-hydrogen) atoms. The molecule has 0 N–H and O–H groups in total. The third kappa shape index (κ3) is 1.22. The molecule has 0 atom stereocenters. The highest BCUT2D eigenvalue weighted by Crippen LogP contribution is 2.00. The fourth-order valence-corrected chi connectivity index (χ4v) is 0.818. The van der Waals surface area contributed by atoms with E-state index in [9.17, 15) is 9.59 Å². The first-order chi connectivity index (χ1) is 5.16. The van der Waals surface area contributed by atoms with Crippen molar-refractivity contribution in [2.24, 2.45) is 0 Å². The number of rotatable bonds is 1. The number of aldehydes is 1. The van der Waals surface area contributed by atoms with Gasteiger partial charge >= 0.3 is 0 Å². The first-order valence-corrected chi connectivity index (χ1v) is 3.21. The number of carbonyl (C=O) groups is 1. The first kappa shape index (κ1) is 7.72. The van der Waals surface area contributed by atoms with Gasteiger partial charge in [0.25, 0.3) is 0 Å². The van der Waals surface area contributed by atoms with Gasteiger partial charge in [0.1, 0.15) is 0 Å². The Morgan fingerprint density at radius 3 is 2.64 bits per heavy atom. The number of hydrogen-bond acceptors (Lipinski definition) is 3. The van der Waals surface area contributed by atoms with E-state index in [1.54, 1.807) is 13.8 Å². The Kier molecular flexibility index (Phi) is 1.89. The van der Waals surface area contributed by atoms with Crippen LogP contribution in [0.3, 0.4) is 0 Å². The lowest BCUT2D eigenvalue weighted by Gasteiger charge is -1.95. The van der Waals surface area contributed by atoms with E-state index in [1.165, 1.54) is 6.26 Å². The molecule has 0 fully saturated rings. The Morgan fingerprint density at radius 1 is 1.45 bits per heavy atom. The maximum atomic E-state index is 11.1. The van der Waals surface area contributed by atoms with Crippen molar-refractivity contribution in [2.75, 3.05) is 0 Å². The molecule has 0 aromatic carbocycles. The van der Waals surface area contributed by atoms with Gasteiger partial charge in [0.2, 0.25) is 0 Å². The normalized spacial score (nSPS) is 9.64. The lowest BCUT2D eigenvalue weighted by Crippen LogP contribution is -2.10. The van der Waals surface area contributed by atoms with Crippen LogP contribution in [0.25, 0.3) is 0 Å². The lowest BCUT2D eigenvalue weighted by atomic mass is 10.2. The molecular weight excluding hydrogens is 144 g/mol. The maximum absolute atomic E-state index is 11.1. The van der Waals surface area contributed by atoms with Gasteiger partial charge in [-0.15, -0.1) is 0 Å². The summed E-state index contributed by atoms with van der Waals surface area (Å²) in [6.45, 7) is 3.22. The molecule has 0 aliphatic heterocycles. The topological polar surface area (TPSA) is 47.3 Å². The minimum atomic E-state index is -0.127. The number of carbonyl (C=O) groups excluding carboxylic acids is 1. The van der Waals surface area contributed by atoms with Crippen LogP contribution < -0.4 is 5.43 Å². The molecule has 0 saturated carbocycles. The monoisotopic (exact) mass is 152 g/mol. The Morgan fingerprint density at radius 2 is 2.09 bits per heavy atom. The molecule has 3 nitrogen and oxygen atoms in total. The molecule has 1 aromatic rings. The van der Waals surface area contributed by atoms with E-state index < -0.39 is 0 Å². The summed E-state index contributed by atoms with van der Waals surface area (Å²) in [7, 11) is 0. The molecule has 0 aliphatic carbocycles. The van der Waals surface area contributed by atoms with Gasteiger partial charge in [0.05, 0.1) is 6.26 Å². The first-order valence-electron chi connectivity index (χ1n) is 3.21. The summed E-state index contributed by atoms with van der Waals surface area (Å²) in [4.78, 5) is 21.4. The summed E-state index contributed by atoms with van der Waals surface area (Å²) >= 11 is 0. The third-order valence-electron chi connectivity index (χ3n) is 1.54. The van der Waals surface area contributed by atoms with Gasteiger partial charge in [-0.3, -0.25) is 9.59 Å². The smallest absolute Gasteiger partial charge is 0.191 e. The van der Waals surface area contributed by atoms with Crippen LogP contribution in [0.1, 0.15) is 21.7 Å². The molecule has 0 spiro atoms. The van der Waals surface area contributed by atoms with Crippen molar-refractivity contribution in [3.8, 4) is 0 Å². The van der Waals surface area contributed by atoms with E-state index in [0.29, 0.717) is 17.4 Å². The van der Waals surface area contributed by atoms with Crippen molar-refractivity contribution in [3.05, 3.63) is 33.4 Å². The van der Waals surface area contributed by atoms with Gasteiger partial charge < -0.3 is 4.42 Å². The van der Waals surface area contributed by atoms with Crippen molar-refractivity contribution >= 4 is 6.29 Å². The number of hydrogen-bond donors (Lipinski definition) is 0. The lowest BCUT2D eigenvalue weighted by molar-refractivity contribution is 0.109. The second kappa shape index (κ2) is 2.70. The average molecular weight is 152 g/mol. The van der Waals surface area contributed by atoms with Crippen LogP contribution >= 0.6 is 0 Å². The molecular formula is C8H8O3. The zero-order valence-electron chi connectivity index (χ0n) is 6.38. The van der Waals surface area contributed by atoms with E-state index in [2.05, 4.69) is 0 Å². The Bertz CT molecular complexity index is 336. The second-order valence-electron chi connectivity index (χ2n) is 2.35. The minimum Gasteiger partial charge on any atom is -0.461 e. The van der Waals surface area contributed by atoms with Crippen molar-refractivity contribution < 1.29 is 9.21 Å². The van der Waals surface area contributed by atoms with Crippen molar-refractivity contribution in [1.29, 1.82) is 0 Å². The van der Waals surface area contributed by atoms with Gasteiger partial charge in [-0.1, -0.05) is 0 Å². The van der Waals surface area contributed by atoms with Crippen molar-refractivity contribution in [1.82, 2.24) is 0 Å². The van der Waals surface area contributed by atoms with Crippen LogP contribution in [0.5, 0.6) is 0 Å². The molecule has 0 radical (unpaired) electrons. The van der Waals surface area contributed by atoms with Crippen LogP contribution in [0, 0.1) is 13.8 Å². The molecule has 1 heterocycles. The summed E-state index contributed by atoms with van der Waals surface area (Å²) in [6, 6.07) is 0. The molecule has 58 valence electrons. The van der Waals surface area contributed by atoms with Crippen LogP contribution in [-0.2, 0) is 0 Å². The molecule has 0 unspecified atom stereocenters. The zero-order valence-corrected chi connectivity index (χ0v) is 6.38. The fraction of sp³-hybridized carbons (Fsp3) is 0.250. The highest BCUT2D eigenvalue weighted by atomic mass is 16.3. The highest BCUT2D eigenvalue weighted by molar-refractivity contribution is 5.72. The molecule has 3 heteroatoms. The predicted molar refractivity (Wildman–Crippen MR) is 39.8 cm³/mol. The third-order valence-corrected chi connectivity index (χ3v) is 1.54. The van der Waals surface area contributed by atoms with E-state index in [4.69, 9.17) is 4.42 Å². The summed E-state index contributed by atoms with van der Waals surface area (Å²) < 4.78 is 4.85. The molecule has 0 bridgehead atoms. The second-order valence-corrected chi connectivity index (χ2v) is 2.35. The Labute approximate surface area is 63.7 Å². The van der Waals surface area contributed by atoms with Gasteiger partial charge in [0.15, 0.2) is 17.5 Å². The van der Waals surface area contributed by atoms with Crippen LogP contribution in [0.4, 0.5) is 0 Å². The molecule has 0 saturated heterocycles. The molecule has 0 amide bonds. The predicted octanol–water partition coefficient (Wildman–Crippen LogP) is 1.07. The maximum Gasteiger partial charge on any atom is 0.191 e. The summed E-state index contributed by atoms with van der Waals surface area (Å²) in [5, 5.41) is 0. The summed E-state index contributed by atoms with van der Waals surface area (Å²) in [6.07, 6.45) is 1.83. The van der Waals surface area contributed by atoms with E-state index in [-0.39, 0.29) is 11.2 Å². The largest absolute Gasteiger partial charge is 0.461 e. The van der Waals surface area contributed by atoms with E-state index >= 15 is 0 Å². The Hall–Kier alpha value is -1.38. The standard InChI is InChI=1S/C8H8O3/c1-5-4-11-7(3-9)6(2)8(5)10/h3-4H,1-2H3. The highest BCUT2D eigenvalue weighted by Gasteiger charge is 2.04. The number of aryl methyl sites for hydroxylation is 1. The van der Waals surface area contributed by atoms with Gasteiger partial charge in [0, 0.05) is 11.1 Å².